The fourth-order valence-electron chi connectivity index (χ4n) is 2.36. The van der Waals surface area contributed by atoms with Crippen LogP contribution in [0.1, 0.15) is 54.3 Å². The molecule has 1 heterocycles. The third-order valence-electron chi connectivity index (χ3n) is 3.45. The lowest BCUT2D eigenvalue weighted by molar-refractivity contribution is 0.0887. The van der Waals surface area contributed by atoms with Gasteiger partial charge < -0.3 is 5.32 Å². The first-order valence-corrected chi connectivity index (χ1v) is 7.70. The van der Waals surface area contributed by atoms with E-state index < -0.39 is 0 Å². The van der Waals surface area contributed by atoms with Crippen LogP contribution >= 0.6 is 27.3 Å². The van der Waals surface area contributed by atoms with Crippen molar-refractivity contribution in [2.75, 3.05) is 0 Å². The summed E-state index contributed by atoms with van der Waals surface area (Å²) in [6.45, 7) is 4.18. The highest BCUT2D eigenvalue weighted by Crippen LogP contribution is 2.30. The van der Waals surface area contributed by atoms with Crippen molar-refractivity contribution in [1.29, 1.82) is 0 Å². The Morgan fingerprint density at radius 3 is 2.59 bits per heavy atom. The van der Waals surface area contributed by atoms with E-state index in [9.17, 15) is 4.79 Å². The number of carbonyl (C=O) groups excluding carboxylic acids is 1. The van der Waals surface area contributed by atoms with E-state index in [4.69, 9.17) is 0 Å². The van der Waals surface area contributed by atoms with Gasteiger partial charge in [0.25, 0.3) is 5.91 Å². The molecular weight excluding hydrogens is 298 g/mol. The van der Waals surface area contributed by atoms with E-state index in [1.54, 1.807) is 0 Å². The molecule has 94 valence electrons. The van der Waals surface area contributed by atoms with Crippen molar-refractivity contribution in [3.8, 4) is 0 Å². The number of hydrogen-bond donors (Lipinski definition) is 1. The lowest BCUT2D eigenvalue weighted by Crippen LogP contribution is -2.47. The second-order valence-electron chi connectivity index (χ2n) is 5.14. The monoisotopic (exact) mass is 315 g/mol. The highest BCUT2D eigenvalue weighted by atomic mass is 79.9. The molecule has 1 aliphatic rings. The predicted molar refractivity (Wildman–Crippen MR) is 75.7 cm³/mol. The largest absolute Gasteiger partial charge is 0.346 e. The van der Waals surface area contributed by atoms with Crippen LogP contribution in [0.15, 0.2) is 9.85 Å². The first-order valence-electron chi connectivity index (χ1n) is 6.09. The highest BCUT2D eigenvalue weighted by molar-refractivity contribution is 9.11. The minimum absolute atomic E-state index is 0.000293. The first-order chi connectivity index (χ1) is 8.00. The lowest BCUT2D eigenvalue weighted by atomic mass is 9.83. The molecule has 0 bridgehead atoms. The van der Waals surface area contributed by atoms with Crippen LogP contribution in [0.4, 0.5) is 0 Å². The molecule has 2 rings (SSSR count). The van der Waals surface area contributed by atoms with E-state index in [-0.39, 0.29) is 11.4 Å². The molecule has 1 fully saturated rings. The molecule has 0 aromatic carbocycles. The molecule has 0 radical (unpaired) electrons. The molecule has 0 unspecified atom stereocenters. The van der Waals surface area contributed by atoms with Gasteiger partial charge in [0.1, 0.15) is 0 Å². The maximum absolute atomic E-state index is 12.2. The van der Waals surface area contributed by atoms with Gasteiger partial charge in [0.05, 0.1) is 8.66 Å². The maximum atomic E-state index is 12.2. The van der Waals surface area contributed by atoms with Crippen LogP contribution in [0.3, 0.4) is 0 Å². The Kier molecular flexibility index (Phi) is 3.93. The van der Waals surface area contributed by atoms with Gasteiger partial charge >= 0.3 is 0 Å². The Bertz CT molecular complexity index is 402. The summed E-state index contributed by atoms with van der Waals surface area (Å²) in [7, 11) is 0. The van der Waals surface area contributed by atoms with Crippen molar-refractivity contribution in [1.82, 2.24) is 5.32 Å². The van der Waals surface area contributed by atoms with Gasteiger partial charge in [-0.05, 0) is 54.2 Å². The summed E-state index contributed by atoms with van der Waals surface area (Å²) in [5, 5.41) is 3.20. The van der Waals surface area contributed by atoms with Gasteiger partial charge in [-0.3, -0.25) is 4.79 Å². The van der Waals surface area contributed by atoms with Crippen LogP contribution in [-0.2, 0) is 0 Å². The lowest BCUT2D eigenvalue weighted by Gasteiger charge is -2.34. The van der Waals surface area contributed by atoms with Crippen LogP contribution in [0.25, 0.3) is 0 Å². The number of aryl methyl sites for hydroxylation is 1. The normalized spacial score (nSPS) is 19.0. The molecule has 1 aliphatic carbocycles. The zero-order chi connectivity index (χ0) is 12.5. The second-order valence-corrected chi connectivity index (χ2v) is 7.51. The Morgan fingerprint density at radius 2 is 2.06 bits per heavy atom. The topological polar surface area (TPSA) is 29.1 Å². The average Bonchev–Trinajstić information content (AvgIpc) is 2.60. The summed E-state index contributed by atoms with van der Waals surface area (Å²) < 4.78 is 1.05. The smallest absolute Gasteiger partial charge is 0.261 e. The number of amides is 1. The van der Waals surface area contributed by atoms with Crippen molar-refractivity contribution < 1.29 is 4.79 Å². The standard InChI is InChI=1S/C13H18BrNOS/c1-9-8-10(17-11(9)14)12(16)15-13(2)6-4-3-5-7-13/h8H,3-7H2,1-2H3,(H,15,16). The average molecular weight is 316 g/mol. The van der Waals surface area contributed by atoms with E-state index in [1.807, 2.05) is 13.0 Å². The molecule has 1 amide bonds. The number of thiophene rings is 1. The zero-order valence-corrected chi connectivity index (χ0v) is 12.7. The molecule has 2 nitrogen and oxygen atoms in total. The van der Waals surface area contributed by atoms with Crippen molar-refractivity contribution in [2.45, 2.75) is 51.5 Å². The Labute approximate surface area is 115 Å². The molecule has 17 heavy (non-hydrogen) atoms. The van der Waals surface area contributed by atoms with Crippen molar-refractivity contribution in [3.63, 3.8) is 0 Å². The van der Waals surface area contributed by atoms with Crippen LogP contribution in [0.2, 0.25) is 0 Å². The van der Waals surface area contributed by atoms with Gasteiger partial charge in [-0.15, -0.1) is 11.3 Å². The predicted octanol–water partition coefficient (Wildman–Crippen LogP) is 4.27. The van der Waals surface area contributed by atoms with Crippen molar-refractivity contribution in [3.05, 3.63) is 20.3 Å². The Morgan fingerprint density at radius 1 is 1.41 bits per heavy atom. The SMILES string of the molecule is Cc1cc(C(=O)NC2(C)CCCCC2)sc1Br. The van der Waals surface area contributed by atoms with Crippen molar-refractivity contribution in [2.24, 2.45) is 0 Å². The summed E-state index contributed by atoms with van der Waals surface area (Å²) >= 11 is 4.98. The number of halogens is 1. The molecule has 1 aromatic rings. The molecule has 0 spiro atoms. The fraction of sp³-hybridized carbons (Fsp3) is 0.615. The van der Waals surface area contributed by atoms with Gasteiger partial charge in [-0.2, -0.15) is 0 Å². The minimum Gasteiger partial charge on any atom is -0.346 e. The van der Waals surface area contributed by atoms with E-state index in [2.05, 4.69) is 28.2 Å². The van der Waals surface area contributed by atoms with Gasteiger partial charge in [-0.1, -0.05) is 19.3 Å². The maximum Gasteiger partial charge on any atom is 0.261 e. The third kappa shape index (κ3) is 3.10. The third-order valence-corrected chi connectivity index (χ3v) is 5.59. The van der Waals surface area contributed by atoms with E-state index >= 15 is 0 Å². The number of nitrogens with one attached hydrogen (secondary N) is 1. The molecule has 0 saturated heterocycles. The zero-order valence-electron chi connectivity index (χ0n) is 10.3. The number of carbonyl (C=O) groups is 1. The molecule has 1 N–H and O–H groups in total. The molecular formula is C13H18BrNOS. The second kappa shape index (κ2) is 5.11. The summed E-state index contributed by atoms with van der Waals surface area (Å²) in [6.07, 6.45) is 5.96. The minimum atomic E-state index is -0.000293. The fourth-order valence-corrected chi connectivity index (χ4v) is 3.79. The Hall–Kier alpha value is -0.350. The van der Waals surface area contributed by atoms with E-state index in [0.29, 0.717) is 0 Å². The highest BCUT2D eigenvalue weighted by Gasteiger charge is 2.29. The quantitative estimate of drug-likeness (QED) is 0.867. The van der Waals surface area contributed by atoms with Crippen LogP contribution in [-0.4, -0.2) is 11.4 Å². The Balaban J connectivity index is 2.05. The van der Waals surface area contributed by atoms with Crippen LogP contribution < -0.4 is 5.32 Å². The van der Waals surface area contributed by atoms with Crippen LogP contribution in [0, 0.1) is 6.92 Å². The molecule has 4 heteroatoms. The number of hydrogen-bond acceptors (Lipinski definition) is 2. The molecule has 0 atom stereocenters. The molecule has 0 aliphatic heterocycles. The molecule has 1 saturated carbocycles. The van der Waals surface area contributed by atoms with E-state index in [1.165, 1.54) is 30.6 Å². The summed E-state index contributed by atoms with van der Waals surface area (Å²) in [5.74, 6) is 0.0770. The van der Waals surface area contributed by atoms with Gasteiger partial charge in [-0.25, -0.2) is 0 Å². The summed E-state index contributed by atoms with van der Waals surface area (Å²) in [4.78, 5) is 13.0. The van der Waals surface area contributed by atoms with Gasteiger partial charge in [0, 0.05) is 5.54 Å². The van der Waals surface area contributed by atoms with Crippen molar-refractivity contribution >= 4 is 33.2 Å². The summed E-state index contributed by atoms with van der Waals surface area (Å²) in [6, 6.07) is 1.95. The molecule has 1 aromatic heterocycles. The van der Waals surface area contributed by atoms with Gasteiger partial charge in [0.2, 0.25) is 0 Å². The first kappa shape index (κ1) is 13.1. The van der Waals surface area contributed by atoms with E-state index in [0.717, 1.165) is 27.1 Å². The van der Waals surface area contributed by atoms with Gasteiger partial charge in [0.15, 0.2) is 0 Å². The van der Waals surface area contributed by atoms with Crippen LogP contribution in [0.5, 0.6) is 0 Å². The number of rotatable bonds is 2. The summed E-state index contributed by atoms with van der Waals surface area (Å²) in [5.41, 5.74) is 1.13.